The van der Waals surface area contributed by atoms with Crippen LogP contribution in [0.25, 0.3) is 0 Å². The predicted molar refractivity (Wildman–Crippen MR) is 87.3 cm³/mol. The zero-order chi connectivity index (χ0) is 16.1. The van der Waals surface area contributed by atoms with Crippen molar-refractivity contribution in [3.63, 3.8) is 0 Å². The number of hydrogen-bond donors (Lipinski definition) is 1. The second-order valence-electron chi connectivity index (χ2n) is 5.11. The van der Waals surface area contributed by atoms with Gasteiger partial charge >= 0.3 is 0 Å². The van der Waals surface area contributed by atoms with Crippen molar-refractivity contribution in [1.29, 1.82) is 0 Å². The first-order valence-electron chi connectivity index (χ1n) is 7.11. The molecule has 0 saturated heterocycles. The Morgan fingerprint density at radius 1 is 1.36 bits per heavy atom. The number of carbonyl (C=O) groups excluding carboxylic acids is 1. The molecule has 0 bridgehead atoms. The summed E-state index contributed by atoms with van der Waals surface area (Å²) in [5, 5.41) is 3.30. The molecule has 0 unspecified atom stereocenters. The van der Waals surface area contributed by atoms with Crippen molar-refractivity contribution in [2.24, 2.45) is 0 Å². The van der Waals surface area contributed by atoms with Gasteiger partial charge in [-0.1, -0.05) is 31.0 Å². The van der Waals surface area contributed by atoms with E-state index in [0.29, 0.717) is 10.7 Å². The molecule has 0 aliphatic rings. The van der Waals surface area contributed by atoms with E-state index in [1.54, 1.807) is 12.1 Å². The van der Waals surface area contributed by atoms with Gasteiger partial charge in [0.25, 0.3) is 5.56 Å². The zero-order valence-corrected chi connectivity index (χ0v) is 13.4. The molecular formula is C16H18ClN3O2. The van der Waals surface area contributed by atoms with Gasteiger partial charge in [0.05, 0.1) is 6.33 Å². The van der Waals surface area contributed by atoms with Crippen molar-refractivity contribution < 1.29 is 4.79 Å². The Labute approximate surface area is 134 Å². The lowest BCUT2D eigenvalue weighted by molar-refractivity contribution is -0.116. The van der Waals surface area contributed by atoms with Gasteiger partial charge < -0.3 is 5.32 Å². The van der Waals surface area contributed by atoms with Gasteiger partial charge in [0.1, 0.15) is 6.54 Å². The number of carbonyl (C=O) groups is 1. The van der Waals surface area contributed by atoms with Crippen molar-refractivity contribution in [2.75, 3.05) is 5.32 Å². The van der Waals surface area contributed by atoms with Gasteiger partial charge in [0.15, 0.2) is 0 Å². The SMILES string of the molecule is CCCc1cc(=O)n(CC(=O)Nc2ccc(C)c(Cl)c2)cn1. The van der Waals surface area contributed by atoms with Crippen LogP contribution in [0, 0.1) is 6.92 Å². The van der Waals surface area contributed by atoms with Crippen LogP contribution in [-0.2, 0) is 17.8 Å². The number of aromatic nitrogens is 2. The quantitative estimate of drug-likeness (QED) is 0.921. The molecule has 1 heterocycles. The number of rotatable bonds is 5. The molecule has 1 amide bonds. The van der Waals surface area contributed by atoms with E-state index in [2.05, 4.69) is 10.3 Å². The second-order valence-corrected chi connectivity index (χ2v) is 5.52. The van der Waals surface area contributed by atoms with Crippen molar-refractivity contribution in [1.82, 2.24) is 9.55 Å². The van der Waals surface area contributed by atoms with Gasteiger partial charge in [-0.3, -0.25) is 14.2 Å². The fraction of sp³-hybridized carbons (Fsp3) is 0.312. The molecule has 2 rings (SSSR count). The van der Waals surface area contributed by atoms with Crippen molar-refractivity contribution in [3.05, 3.63) is 57.2 Å². The lowest BCUT2D eigenvalue weighted by Crippen LogP contribution is -2.27. The van der Waals surface area contributed by atoms with E-state index in [0.717, 1.165) is 24.1 Å². The highest BCUT2D eigenvalue weighted by Gasteiger charge is 2.07. The van der Waals surface area contributed by atoms with Crippen LogP contribution in [0.15, 0.2) is 35.4 Å². The molecular weight excluding hydrogens is 302 g/mol. The maximum absolute atomic E-state index is 12.0. The third kappa shape index (κ3) is 4.18. The Hall–Kier alpha value is -2.14. The van der Waals surface area contributed by atoms with Crippen LogP contribution in [-0.4, -0.2) is 15.5 Å². The van der Waals surface area contributed by atoms with Crippen molar-refractivity contribution >= 4 is 23.2 Å². The lowest BCUT2D eigenvalue weighted by Gasteiger charge is -2.08. The number of halogens is 1. The number of hydrogen-bond acceptors (Lipinski definition) is 3. The molecule has 0 saturated carbocycles. The third-order valence-electron chi connectivity index (χ3n) is 3.21. The number of aryl methyl sites for hydroxylation is 2. The van der Waals surface area contributed by atoms with Crippen molar-refractivity contribution in [2.45, 2.75) is 33.2 Å². The molecule has 0 radical (unpaired) electrons. The van der Waals surface area contributed by atoms with Crippen LogP contribution >= 0.6 is 11.6 Å². The van der Waals surface area contributed by atoms with E-state index < -0.39 is 0 Å². The molecule has 5 nitrogen and oxygen atoms in total. The minimum atomic E-state index is -0.299. The Morgan fingerprint density at radius 3 is 2.77 bits per heavy atom. The summed E-state index contributed by atoms with van der Waals surface area (Å²) in [5.74, 6) is -0.299. The summed E-state index contributed by atoms with van der Waals surface area (Å²) >= 11 is 6.01. The Morgan fingerprint density at radius 2 is 2.14 bits per heavy atom. The highest BCUT2D eigenvalue weighted by molar-refractivity contribution is 6.31. The highest BCUT2D eigenvalue weighted by Crippen LogP contribution is 2.19. The Kier molecular flexibility index (Phi) is 5.33. The standard InChI is InChI=1S/C16H18ClN3O2/c1-3-4-12-8-16(22)20(10-18-12)9-15(21)19-13-6-5-11(2)14(17)7-13/h5-8,10H,3-4,9H2,1-2H3,(H,19,21). The fourth-order valence-electron chi connectivity index (χ4n) is 2.00. The highest BCUT2D eigenvalue weighted by atomic mass is 35.5. The van der Waals surface area contributed by atoms with Crippen LogP contribution in [0.1, 0.15) is 24.6 Å². The maximum atomic E-state index is 12.0. The summed E-state index contributed by atoms with van der Waals surface area (Å²) in [6, 6.07) is 6.75. The largest absolute Gasteiger partial charge is 0.324 e. The number of nitrogens with one attached hydrogen (secondary N) is 1. The molecule has 0 aliphatic carbocycles. The average Bonchev–Trinajstić information content (AvgIpc) is 2.46. The van der Waals surface area contributed by atoms with E-state index >= 15 is 0 Å². The number of amides is 1. The summed E-state index contributed by atoms with van der Waals surface area (Å²) in [4.78, 5) is 28.1. The summed E-state index contributed by atoms with van der Waals surface area (Å²) in [7, 11) is 0. The molecule has 1 aromatic heterocycles. The first-order chi connectivity index (χ1) is 10.5. The van der Waals surface area contributed by atoms with E-state index in [1.165, 1.54) is 17.0 Å². The van der Waals surface area contributed by atoms with Gasteiger partial charge in [-0.15, -0.1) is 0 Å². The van der Waals surface area contributed by atoms with Gasteiger partial charge in [-0.2, -0.15) is 0 Å². The molecule has 22 heavy (non-hydrogen) atoms. The first kappa shape index (κ1) is 16.2. The molecule has 6 heteroatoms. The monoisotopic (exact) mass is 319 g/mol. The predicted octanol–water partition coefficient (Wildman–Crippen LogP) is 2.80. The molecule has 0 atom stereocenters. The number of benzene rings is 1. The first-order valence-corrected chi connectivity index (χ1v) is 7.48. The van der Waals surface area contributed by atoms with Crippen LogP contribution < -0.4 is 10.9 Å². The van der Waals surface area contributed by atoms with Gasteiger partial charge in [0, 0.05) is 22.5 Å². The van der Waals surface area contributed by atoms with Gasteiger partial charge in [0.2, 0.25) is 5.91 Å². The topological polar surface area (TPSA) is 64.0 Å². The molecule has 0 spiro atoms. The third-order valence-corrected chi connectivity index (χ3v) is 3.62. The van der Waals surface area contributed by atoms with Crippen LogP contribution in [0.5, 0.6) is 0 Å². The minimum Gasteiger partial charge on any atom is -0.324 e. The van der Waals surface area contributed by atoms with E-state index in [1.807, 2.05) is 19.9 Å². The van der Waals surface area contributed by atoms with Gasteiger partial charge in [-0.05, 0) is 31.0 Å². The number of anilines is 1. The maximum Gasteiger partial charge on any atom is 0.253 e. The summed E-state index contributed by atoms with van der Waals surface area (Å²) < 4.78 is 1.28. The number of nitrogens with zero attached hydrogens (tertiary/aromatic N) is 2. The fourth-order valence-corrected chi connectivity index (χ4v) is 2.18. The van der Waals surface area contributed by atoms with Crippen LogP contribution in [0.3, 0.4) is 0 Å². The normalized spacial score (nSPS) is 10.5. The van der Waals surface area contributed by atoms with Crippen LogP contribution in [0.4, 0.5) is 5.69 Å². The molecule has 0 aliphatic heterocycles. The molecule has 1 N–H and O–H groups in total. The van der Waals surface area contributed by atoms with Crippen molar-refractivity contribution in [3.8, 4) is 0 Å². The zero-order valence-electron chi connectivity index (χ0n) is 12.6. The Bertz CT molecular complexity index is 740. The van der Waals surface area contributed by atoms with E-state index in [-0.39, 0.29) is 18.0 Å². The molecule has 1 aromatic carbocycles. The summed E-state index contributed by atoms with van der Waals surface area (Å²) in [5.41, 5.74) is 2.06. The molecule has 116 valence electrons. The van der Waals surface area contributed by atoms with E-state index in [9.17, 15) is 9.59 Å². The van der Waals surface area contributed by atoms with Gasteiger partial charge in [-0.25, -0.2) is 4.98 Å². The second kappa shape index (κ2) is 7.22. The smallest absolute Gasteiger partial charge is 0.253 e. The summed E-state index contributed by atoms with van der Waals surface area (Å²) in [6.07, 6.45) is 3.09. The molecule has 0 fully saturated rings. The van der Waals surface area contributed by atoms with Crippen LogP contribution in [0.2, 0.25) is 5.02 Å². The Balaban J connectivity index is 2.05. The minimum absolute atomic E-state index is 0.0796. The average molecular weight is 320 g/mol. The summed E-state index contributed by atoms with van der Waals surface area (Å²) in [6.45, 7) is 3.83. The van der Waals surface area contributed by atoms with E-state index in [4.69, 9.17) is 11.6 Å². The molecule has 2 aromatic rings. The lowest BCUT2D eigenvalue weighted by atomic mass is 10.2.